The van der Waals surface area contributed by atoms with E-state index in [9.17, 15) is 4.79 Å². The lowest BCUT2D eigenvalue weighted by molar-refractivity contribution is -0.121. The number of hydrogen-bond acceptors (Lipinski definition) is 2. The van der Waals surface area contributed by atoms with Gasteiger partial charge in [0.1, 0.15) is 5.75 Å². The molecular weight excluding hydrogens is 188 g/mol. The molecule has 0 radical (unpaired) electrons. The Bertz CT molecular complexity index is 379. The van der Waals surface area contributed by atoms with Gasteiger partial charge < -0.3 is 4.74 Å². The number of rotatable bonds is 2. The molecule has 15 heavy (non-hydrogen) atoms. The lowest BCUT2D eigenvalue weighted by Gasteiger charge is -2.20. The number of carbonyl (C=O) groups excluding carboxylic acids is 1. The van der Waals surface area contributed by atoms with Crippen LogP contribution in [0.4, 0.5) is 0 Å². The van der Waals surface area contributed by atoms with E-state index in [4.69, 9.17) is 4.74 Å². The monoisotopic (exact) mass is 202 g/mol. The summed E-state index contributed by atoms with van der Waals surface area (Å²) in [5, 5.41) is 0. The molecule has 1 unspecified atom stereocenters. The predicted octanol–water partition coefficient (Wildman–Crippen LogP) is 2.74. The number of ketones is 1. The van der Waals surface area contributed by atoms with Crippen LogP contribution in [0.1, 0.15) is 19.8 Å². The summed E-state index contributed by atoms with van der Waals surface area (Å²) in [6.07, 6.45) is 3.13. The summed E-state index contributed by atoms with van der Waals surface area (Å²) >= 11 is 0. The van der Waals surface area contributed by atoms with Gasteiger partial charge >= 0.3 is 0 Å². The number of hydrogen-bond donors (Lipinski definition) is 0. The van der Waals surface area contributed by atoms with Crippen molar-refractivity contribution in [1.29, 1.82) is 0 Å². The lowest BCUT2D eigenvalue weighted by atomic mass is 9.97. The maximum absolute atomic E-state index is 11.6. The number of carbonyl (C=O) groups is 1. The molecule has 0 amide bonds. The van der Waals surface area contributed by atoms with Gasteiger partial charge in [-0.05, 0) is 38.0 Å². The second kappa shape index (κ2) is 4.30. The van der Waals surface area contributed by atoms with E-state index in [1.54, 1.807) is 6.08 Å². The Morgan fingerprint density at radius 3 is 2.67 bits per heavy atom. The average Bonchev–Trinajstić information content (AvgIpc) is 2.24. The smallest absolute Gasteiger partial charge is 0.196 e. The molecular formula is C13H14O2. The zero-order valence-electron chi connectivity index (χ0n) is 8.77. The van der Waals surface area contributed by atoms with Crippen molar-refractivity contribution in [3.05, 3.63) is 42.0 Å². The summed E-state index contributed by atoms with van der Waals surface area (Å²) in [7, 11) is 0. The van der Waals surface area contributed by atoms with E-state index < -0.39 is 0 Å². The molecule has 0 bridgehead atoms. The van der Waals surface area contributed by atoms with Gasteiger partial charge in [-0.15, -0.1) is 0 Å². The highest BCUT2D eigenvalue weighted by atomic mass is 16.5. The second-order valence-electron chi connectivity index (χ2n) is 3.85. The van der Waals surface area contributed by atoms with E-state index in [1.807, 2.05) is 37.3 Å². The van der Waals surface area contributed by atoms with Crippen LogP contribution in [0, 0.1) is 0 Å². The molecule has 1 aromatic rings. The van der Waals surface area contributed by atoms with Gasteiger partial charge in [0, 0.05) is 0 Å². The van der Waals surface area contributed by atoms with Crippen molar-refractivity contribution in [1.82, 2.24) is 0 Å². The van der Waals surface area contributed by atoms with Crippen molar-refractivity contribution in [2.45, 2.75) is 25.9 Å². The van der Waals surface area contributed by atoms with Crippen LogP contribution in [0.2, 0.25) is 0 Å². The molecule has 1 atom stereocenters. The fraction of sp³-hybridized carbons (Fsp3) is 0.308. The Labute approximate surface area is 89.6 Å². The molecule has 0 N–H and O–H groups in total. The van der Waals surface area contributed by atoms with Crippen LogP contribution in [0.15, 0.2) is 42.0 Å². The topological polar surface area (TPSA) is 26.3 Å². The van der Waals surface area contributed by atoms with Gasteiger partial charge in [-0.25, -0.2) is 0 Å². The van der Waals surface area contributed by atoms with Crippen molar-refractivity contribution in [2.75, 3.05) is 0 Å². The first-order valence-electron chi connectivity index (χ1n) is 5.18. The van der Waals surface area contributed by atoms with E-state index in [-0.39, 0.29) is 11.9 Å². The Kier molecular flexibility index (Phi) is 2.86. The largest absolute Gasteiger partial charge is 0.482 e. The molecule has 0 saturated heterocycles. The summed E-state index contributed by atoms with van der Waals surface area (Å²) in [5.41, 5.74) is 1.15. The highest BCUT2D eigenvalue weighted by Crippen LogP contribution is 2.20. The molecule has 0 fully saturated rings. The average molecular weight is 202 g/mol. The fourth-order valence-corrected chi connectivity index (χ4v) is 1.69. The Morgan fingerprint density at radius 2 is 2.00 bits per heavy atom. The van der Waals surface area contributed by atoms with Gasteiger partial charge in [0.15, 0.2) is 11.9 Å². The van der Waals surface area contributed by atoms with Gasteiger partial charge in [0.25, 0.3) is 0 Å². The Balaban J connectivity index is 2.05. The first-order chi connectivity index (χ1) is 7.25. The number of ether oxygens (including phenoxy) is 1. The molecule has 0 aromatic heterocycles. The van der Waals surface area contributed by atoms with Gasteiger partial charge in [0.05, 0.1) is 0 Å². The van der Waals surface area contributed by atoms with E-state index in [0.717, 1.165) is 24.2 Å². The highest BCUT2D eigenvalue weighted by molar-refractivity contribution is 5.95. The minimum absolute atomic E-state index is 0.0857. The maximum Gasteiger partial charge on any atom is 0.196 e. The van der Waals surface area contributed by atoms with E-state index in [2.05, 4.69) is 0 Å². The van der Waals surface area contributed by atoms with Crippen molar-refractivity contribution >= 4 is 5.78 Å². The van der Waals surface area contributed by atoms with Gasteiger partial charge in [-0.2, -0.15) is 0 Å². The SMILES string of the molecule is CC1=CC(=O)C(Oc2ccccc2)CC1. The van der Waals surface area contributed by atoms with E-state index >= 15 is 0 Å². The quantitative estimate of drug-likeness (QED) is 0.737. The van der Waals surface area contributed by atoms with E-state index in [0.29, 0.717) is 0 Å². The van der Waals surface area contributed by atoms with Crippen LogP contribution in [0.25, 0.3) is 0 Å². The van der Waals surface area contributed by atoms with Crippen LogP contribution in [-0.4, -0.2) is 11.9 Å². The molecule has 2 heteroatoms. The highest BCUT2D eigenvalue weighted by Gasteiger charge is 2.22. The zero-order chi connectivity index (χ0) is 10.7. The van der Waals surface area contributed by atoms with Crippen molar-refractivity contribution in [2.24, 2.45) is 0 Å². The third-order valence-corrected chi connectivity index (χ3v) is 2.53. The maximum atomic E-state index is 11.6. The van der Waals surface area contributed by atoms with Crippen LogP contribution in [-0.2, 0) is 4.79 Å². The third-order valence-electron chi connectivity index (χ3n) is 2.53. The minimum Gasteiger partial charge on any atom is -0.482 e. The Hall–Kier alpha value is -1.57. The van der Waals surface area contributed by atoms with Crippen LogP contribution < -0.4 is 4.74 Å². The summed E-state index contributed by atoms with van der Waals surface area (Å²) in [6, 6.07) is 9.49. The minimum atomic E-state index is -0.295. The summed E-state index contributed by atoms with van der Waals surface area (Å²) in [5.74, 6) is 0.853. The molecule has 1 aliphatic rings. The molecule has 0 saturated carbocycles. The molecule has 78 valence electrons. The van der Waals surface area contributed by atoms with E-state index in [1.165, 1.54) is 0 Å². The normalized spacial score (nSPS) is 21.0. The van der Waals surface area contributed by atoms with Crippen LogP contribution >= 0.6 is 0 Å². The van der Waals surface area contributed by atoms with Crippen molar-refractivity contribution in [3.8, 4) is 5.75 Å². The second-order valence-corrected chi connectivity index (χ2v) is 3.85. The number of benzene rings is 1. The standard InChI is InChI=1S/C13H14O2/c1-10-7-8-13(12(14)9-10)15-11-5-3-2-4-6-11/h2-6,9,13H,7-8H2,1H3. The summed E-state index contributed by atoms with van der Waals surface area (Å²) in [6.45, 7) is 1.98. The summed E-state index contributed by atoms with van der Waals surface area (Å²) < 4.78 is 5.62. The van der Waals surface area contributed by atoms with Gasteiger partial charge in [0.2, 0.25) is 0 Å². The van der Waals surface area contributed by atoms with Crippen LogP contribution in [0.3, 0.4) is 0 Å². The van der Waals surface area contributed by atoms with Crippen LogP contribution in [0.5, 0.6) is 5.75 Å². The first-order valence-corrected chi connectivity index (χ1v) is 5.18. The molecule has 1 aliphatic carbocycles. The van der Waals surface area contributed by atoms with Crippen molar-refractivity contribution in [3.63, 3.8) is 0 Å². The lowest BCUT2D eigenvalue weighted by Crippen LogP contribution is -2.28. The van der Waals surface area contributed by atoms with Gasteiger partial charge in [-0.3, -0.25) is 4.79 Å². The molecule has 2 rings (SSSR count). The molecule has 2 nitrogen and oxygen atoms in total. The molecule has 0 heterocycles. The zero-order valence-corrected chi connectivity index (χ0v) is 8.77. The number of para-hydroxylation sites is 1. The molecule has 1 aromatic carbocycles. The summed E-state index contributed by atoms with van der Waals surface area (Å²) in [4.78, 5) is 11.6. The van der Waals surface area contributed by atoms with Crippen molar-refractivity contribution < 1.29 is 9.53 Å². The third kappa shape index (κ3) is 2.46. The first kappa shape index (κ1) is 9.97. The number of allylic oxidation sites excluding steroid dienone is 1. The fourth-order valence-electron chi connectivity index (χ4n) is 1.69. The predicted molar refractivity (Wildman–Crippen MR) is 58.9 cm³/mol. The molecule has 0 spiro atoms. The van der Waals surface area contributed by atoms with Gasteiger partial charge in [-0.1, -0.05) is 23.8 Å². The molecule has 0 aliphatic heterocycles. The Morgan fingerprint density at radius 1 is 1.27 bits per heavy atom.